The van der Waals surface area contributed by atoms with Crippen molar-refractivity contribution in [1.29, 1.82) is 0 Å². The molecule has 0 bridgehead atoms. The number of methoxy groups -OCH3 is 1. The Balaban J connectivity index is 1.98. The molecule has 5 nitrogen and oxygen atoms in total. The minimum atomic E-state index is -1.05. The number of aromatic hydroxyl groups is 1. The third-order valence-electron chi connectivity index (χ3n) is 4.55. The minimum absolute atomic E-state index is 0.0563. The molecular formula is C18H17NO4. The van der Waals surface area contributed by atoms with Crippen molar-refractivity contribution in [2.45, 2.75) is 12.1 Å². The molecule has 1 saturated heterocycles. The summed E-state index contributed by atoms with van der Waals surface area (Å²) in [6.07, 6.45) is 0.776. The molecule has 2 aromatic rings. The number of carbonyl (C=O) groups excluding carboxylic acids is 1. The first-order valence-corrected chi connectivity index (χ1v) is 7.61. The lowest BCUT2D eigenvalue weighted by Gasteiger charge is -2.43. The second-order valence-corrected chi connectivity index (χ2v) is 5.73. The number of benzene rings is 2. The molecule has 0 saturated carbocycles. The molecular weight excluding hydrogens is 294 g/mol. The van der Waals surface area contributed by atoms with Crippen LogP contribution in [0.2, 0.25) is 0 Å². The molecule has 2 aliphatic heterocycles. The first kappa shape index (κ1) is 14.1. The van der Waals surface area contributed by atoms with Crippen molar-refractivity contribution in [3.63, 3.8) is 0 Å². The van der Waals surface area contributed by atoms with Gasteiger partial charge in [-0.15, -0.1) is 0 Å². The van der Waals surface area contributed by atoms with Crippen LogP contribution in [0.5, 0.6) is 11.5 Å². The number of phenols is 1. The smallest absolute Gasteiger partial charge is 0.257 e. The Kier molecular flexibility index (Phi) is 3.06. The van der Waals surface area contributed by atoms with Gasteiger partial charge in [-0.05, 0) is 24.6 Å². The van der Waals surface area contributed by atoms with Gasteiger partial charge in [-0.3, -0.25) is 4.79 Å². The van der Waals surface area contributed by atoms with Gasteiger partial charge in [0.25, 0.3) is 5.91 Å². The highest BCUT2D eigenvalue weighted by Gasteiger charge is 2.54. The summed E-state index contributed by atoms with van der Waals surface area (Å²) >= 11 is 0. The molecule has 1 fully saturated rings. The predicted molar refractivity (Wildman–Crippen MR) is 83.5 cm³/mol. The van der Waals surface area contributed by atoms with Crippen LogP contribution in [0.25, 0.3) is 0 Å². The van der Waals surface area contributed by atoms with Crippen LogP contribution >= 0.6 is 0 Å². The Morgan fingerprint density at radius 2 is 2.04 bits per heavy atom. The highest BCUT2D eigenvalue weighted by molar-refractivity contribution is 6.00. The van der Waals surface area contributed by atoms with Crippen molar-refractivity contribution in [3.8, 4) is 11.5 Å². The lowest BCUT2D eigenvalue weighted by Crippen LogP contribution is -2.50. The van der Waals surface area contributed by atoms with Crippen molar-refractivity contribution in [1.82, 2.24) is 4.90 Å². The Morgan fingerprint density at radius 3 is 2.83 bits per heavy atom. The summed E-state index contributed by atoms with van der Waals surface area (Å²) < 4.78 is 11.3. The summed E-state index contributed by atoms with van der Waals surface area (Å²) in [5.41, 5.74) is 0.925. The number of rotatable bonds is 2. The van der Waals surface area contributed by atoms with Gasteiger partial charge in [0.05, 0.1) is 19.3 Å². The average Bonchev–Trinajstić information content (AvgIpc) is 2.85. The number of ether oxygens (including phenoxy) is 2. The van der Waals surface area contributed by atoms with Gasteiger partial charge in [-0.1, -0.05) is 18.2 Å². The van der Waals surface area contributed by atoms with E-state index in [1.165, 1.54) is 0 Å². The molecule has 1 N–H and O–H groups in total. The van der Waals surface area contributed by atoms with Crippen LogP contribution in [0, 0.1) is 0 Å². The number of amides is 1. The van der Waals surface area contributed by atoms with E-state index in [2.05, 4.69) is 0 Å². The Morgan fingerprint density at radius 1 is 1.22 bits per heavy atom. The number of carbonyl (C=O) groups is 1. The molecule has 0 aliphatic carbocycles. The van der Waals surface area contributed by atoms with Gasteiger partial charge in [-0.2, -0.15) is 0 Å². The molecule has 118 valence electrons. The third-order valence-corrected chi connectivity index (χ3v) is 4.55. The van der Waals surface area contributed by atoms with Crippen molar-refractivity contribution in [2.24, 2.45) is 0 Å². The second kappa shape index (κ2) is 4.99. The van der Waals surface area contributed by atoms with Gasteiger partial charge in [0.2, 0.25) is 5.72 Å². The van der Waals surface area contributed by atoms with E-state index in [-0.39, 0.29) is 11.7 Å². The minimum Gasteiger partial charge on any atom is -0.507 e. The summed E-state index contributed by atoms with van der Waals surface area (Å²) in [6, 6.07) is 12.5. The lowest BCUT2D eigenvalue weighted by atomic mass is 9.91. The fraction of sp³-hybridized carbons (Fsp3) is 0.278. The van der Waals surface area contributed by atoms with E-state index >= 15 is 0 Å². The van der Waals surface area contributed by atoms with Crippen molar-refractivity contribution in [2.75, 3.05) is 20.3 Å². The van der Waals surface area contributed by atoms with Crippen LogP contribution < -0.4 is 4.74 Å². The number of hydrogen-bond donors (Lipinski definition) is 1. The Labute approximate surface area is 134 Å². The lowest BCUT2D eigenvalue weighted by molar-refractivity contribution is -0.138. The zero-order valence-corrected chi connectivity index (χ0v) is 12.8. The Hall–Kier alpha value is -2.53. The maximum Gasteiger partial charge on any atom is 0.257 e. The van der Waals surface area contributed by atoms with Gasteiger partial charge < -0.3 is 19.5 Å². The fourth-order valence-corrected chi connectivity index (χ4v) is 3.55. The van der Waals surface area contributed by atoms with Crippen LogP contribution in [-0.4, -0.2) is 36.2 Å². The average molecular weight is 311 g/mol. The Bertz CT molecular complexity index is 788. The molecule has 2 aromatic carbocycles. The SMILES string of the molecule is COc1ccc(C23OCCCN2C(=O)c2ccccc23)c(O)c1. The van der Waals surface area contributed by atoms with Gasteiger partial charge in [0.1, 0.15) is 11.5 Å². The summed E-state index contributed by atoms with van der Waals surface area (Å²) in [4.78, 5) is 14.5. The van der Waals surface area contributed by atoms with Crippen molar-refractivity contribution in [3.05, 3.63) is 59.2 Å². The maximum absolute atomic E-state index is 12.8. The third kappa shape index (κ3) is 1.80. The highest BCUT2D eigenvalue weighted by Crippen LogP contribution is 2.49. The number of phenolic OH excluding ortho intramolecular Hbond substituents is 1. The van der Waals surface area contributed by atoms with E-state index in [1.807, 2.05) is 24.3 Å². The van der Waals surface area contributed by atoms with E-state index < -0.39 is 5.72 Å². The molecule has 1 amide bonds. The molecule has 0 radical (unpaired) electrons. The molecule has 2 heterocycles. The van der Waals surface area contributed by atoms with Crippen molar-refractivity contribution >= 4 is 5.91 Å². The van der Waals surface area contributed by atoms with E-state index in [1.54, 1.807) is 30.2 Å². The summed E-state index contributed by atoms with van der Waals surface area (Å²) in [7, 11) is 1.55. The summed E-state index contributed by atoms with van der Waals surface area (Å²) in [5, 5.41) is 10.5. The zero-order valence-electron chi connectivity index (χ0n) is 12.8. The molecule has 2 aliphatic rings. The van der Waals surface area contributed by atoms with Crippen LogP contribution in [-0.2, 0) is 10.5 Å². The van der Waals surface area contributed by atoms with Gasteiger partial charge >= 0.3 is 0 Å². The van der Waals surface area contributed by atoms with E-state index in [4.69, 9.17) is 9.47 Å². The van der Waals surface area contributed by atoms with Crippen molar-refractivity contribution < 1.29 is 19.4 Å². The molecule has 0 aromatic heterocycles. The first-order valence-electron chi connectivity index (χ1n) is 7.61. The standard InChI is InChI=1S/C18H17NO4/c1-22-12-7-8-15(16(20)11-12)18-14-6-3-2-5-13(14)17(21)19(18)9-4-10-23-18/h2-3,5-8,11,20H,4,9-10H2,1H3. The van der Waals surface area contributed by atoms with Gasteiger partial charge in [0, 0.05) is 23.7 Å². The van der Waals surface area contributed by atoms with Crippen LogP contribution in [0.15, 0.2) is 42.5 Å². The number of hydrogen-bond acceptors (Lipinski definition) is 4. The van der Waals surface area contributed by atoms with Crippen LogP contribution in [0.1, 0.15) is 27.9 Å². The van der Waals surface area contributed by atoms with E-state index in [9.17, 15) is 9.90 Å². The van der Waals surface area contributed by atoms with Crippen LogP contribution in [0.3, 0.4) is 0 Å². The quantitative estimate of drug-likeness (QED) is 0.925. The number of nitrogens with zero attached hydrogens (tertiary/aromatic N) is 1. The normalized spacial score (nSPS) is 22.7. The monoisotopic (exact) mass is 311 g/mol. The largest absolute Gasteiger partial charge is 0.507 e. The summed E-state index contributed by atoms with van der Waals surface area (Å²) in [5.74, 6) is 0.555. The molecule has 23 heavy (non-hydrogen) atoms. The van der Waals surface area contributed by atoms with E-state index in [0.29, 0.717) is 30.0 Å². The second-order valence-electron chi connectivity index (χ2n) is 5.73. The van der Waals surface area contributed by atoms with Gasteiger partial charge in [0.15, 0.2) is 0 Å². The summed E-state index contributed by atoms with van der Waals surface area (Å²) in [6.45, 7) is 1.13. The highest BCUT2D eigenvalue weighted by atomic mass is 16.5. The molecule has 0 spiro atoms. The topological polar surface area (TPSA) is 59.0 Å². The maximum atomic E-state index is 12.8. The molecule has 4 rings (SSSR count). The number of fused-ring (bicyclic) bond motifs is 3. The van der Waals surface area contributed by atoms with Gasteiger partial charge in [-0.25, -0.2) is 0 Å². The predicted octanol–water partition coefficient (Wildman–Crippen LogP) is 2.48. The molecule has 1 atom stereocenters. The molecule has 5 heteroatoms. The molecule has 1 unspecified atom stereocenters. The van der Waals surface area contributed by atoms with Crippen LogP contribution in [0.4, 0.5) is 0 Å². The van der Waals surface area contributed by atoms with E-state index in [0.717, 1.165) is 12.0 Å². The fourth-order valence-electron chi connectivity index (χ4n) is 3.55. The zero-order chi connectivity index (χ0) is 16.0. The first-order chi connectivity index (χ1) is 11.2.